The number of piperazine rings is 1. The van der Waals surface area contributed by atoms with E-state index in [2.05, 4.69) is 15.5 Å². The second kappa shape index (κ2) is 5.27. The minimum Gasteiger partial charge on any atom is -0.425 e. The van der Waals surface area contributed by atoms with E-state index in [1.807, 2.05) is 11.8 Å². The van der Waals surface area contributed by atoms with Crippen LogP contribution in [-0.4, -0.2) is 47.2 Å². The van der Waals surface area contributed by atoms with Gasteiger partial charge in [-0.2, -0.15) is 0 Å². The molecule has 1 fully saturated rings. The van der Waals surface area contributed by atoms with Gasteiger partial charge in [-0.25, -0.2) is 0 Å². The minimum absolute atomic E-state index is 0.0152. The monoisotopic (exact) mass is 238 g/mol. The molecule has 0 spiro atoms. The zero-order chi connectivity index (χ0) is 12.3. The zero-order valence-corrected chi connectivity index (χ0v) is 10.3. The molecule has 1 N–H and O–H groups in total. The lowest BCUT2D eigenvalue weighted by atomic mass is 10.1. The Bertz CT molecular complexity index is 385. The second-order valence-electron chi connectivity index (χ2n) is 4.40. The fourth-order valence-corrected chi connectivity index (χ4v) is 1.90. The molecule has 0 radical (unpaired) electrons. The van der Waals surface area contributed by atoms with Gasteiger partial charge in [0.25, 0.3) is 0 Å². The Morgan fingerprint density at radius 1 is 1.47 bits per heavy atom. The van der Waals surface area contributed by atoms with Gasteiger partial charge in [0.1, 0.15) is 0 Å². The number of amides is 1. The Morgan fingerprint density at radius 2 is 2.18 bits per heavy atom. The molecule has 1 aliphatic heterocycles. The maximum atomic E-state index is 12.0. The molecule has 0 aliphatic carbocycles. The molecule has 6 heteroatoms. The van der Waals surface area contributed by atoms with E-state index >= 15 is 0 Å². The van der Waals surface area contributed by atoms with Crippen LogP contribution in [0.2, 0.25) is 0 Å². The van der Waals surface area contributed by atoms with Crippen LogP contribution in [0.15, 0.2) is 4.42 Å². The van der Waals surface area contributed by atoms with Crippen molar-refractivity contribution in [3.05, 3.63) is 11.8 Å². The van der Waals surface area contributed by atoms with Crippen LogP contribution in [0.25, 0.3) is 0 Å². The summed E-state index contributed by atoms with van der Waals surface area (Å²) in [4.78, 5) is 13.9. The van der Waals surface area contributed by atoms with Crippen LogP contribution < -0.4 is 5.32 Å². The number of rotatable bonds is 3. The number of aryl methyl sites for hydroxylation is 1. The largest absolute Gasteiger partial charge is 0.425 e. The van der Waals surface area contributed by atoms with E-state index in [1.54, 1.807) is 6.92 Å². The lowest BCUT2D eigenvalue weighted by Crippen LogP contribution is -2.46. The number of hydrogen-bond acceptors (Lipinski definition) is 5. The summed E-state index contributed by atoms with van der Waals surface area (Å²) >= 11 is 0. The molecule has 1 saturated heterocycles. The van der Waals surface area contributed by atoms with E-state index in [-0.39, 0.29) is 11.8 Å². The Kier molecular flexibility index (Phi) is 3.73. The third kappa shape index (κ3) is 3.03. The van der Waals surface area contributed by atoms with E-state index in [9.17, 15) is 4.79 Å². The molecule has 1 amide bonds. The van der Waals surface area contributed by atoms with Crippen LogP contribution in [0.5, 0.6) is 0 Å². The average Bonchev–Trinajstić information content (AvgIpc) is 2.77. The molecular weight excluding hydrogens is 220 g/mol. The highest BCUT2D eigenvalue weighted by Crippen LogP contribution is 2.18. The normalized spacial score (nSPS) is 18.1. The first-order valence-electron chi connectivity index (χ1n) is 5.95. The summed E-state index contributed by atoms with van der Waals surface area (Å²) in [5.41, 5.74) is 0. The molecule has 17 heavy (non-hydrogen) atoms. The van der Waals surface area contributed by atoms with E-state index in [0.717, 1.165) is 26.2 Å². The van der Waals surface area contributed by atoms with Gasteiger partial charge in [-0.05, 0) is 0 Å². The molecule has 94 valence electrons. The summed E-state index contributed by atoms with van der Waals surface area (Å²) in [6.07, 6.45) is 0.432. The van der Waals surface area contributed by atoms with Crippen LogP contribution in [0.1, 0.15) is 31.0 Å². The second-order valence-corrected chi connectivity index (χ2v) is 4.40. The number of aromatic nitrogens is 2. The van der Waals surface area contributed by atoms with Gasteiger partial charge in [-0.1, -0.05) is 6.92 Å². The van der Waals surface area contributed by atoms with E-state index in [1.165, 1.54) is 0 Å². The Morgan fingerprint density at radius 3 is 2.76 bits per heavy atom. The van der Waals surface area contributed by atoms with Crippen molar-refractivity contribution in [2.75, 3.05) is 26.2 Å². The zero-order valence-electron chi connectivity index (χ0n) is 10.3. The standard InChI is InChI=1S/C11H18N4O2/c1-8(11-14-13-9(2)17-11)7-10(16)15-5-3-12-4-6-15/h8,12H,3-7H2,1-2H3. The average molecular weight is 238 g/mol. The number of nitrogens with zero attached hydrogens (tertiary/aromatic N) is 3. The molecule has 1 aliphatic rings. The first-order chi connectivity index (χ1) is 8.16. The van der Waals surface area contributed by atoms with Gasteiger partial charge in [-0.3, -0.25) is 4.79 Å². The summed E-state index contributed by atoms with van der Waals surface area (Å²) in [5.74, 6) is 1.24. The minimum atomic E-state index is -0.0152. The first-order valence-corrected chi connectivity index (χ1v) is 5.95. The summed E-state index contributed by atoms with van der Waals surface area (Å²) in [6, 6.07) is 0. The summed E-state index contributed by atoms with van der Waals surface area (Å²) in [7, 11) is 0. The van der Waals surface area contributed by atoms with Crippen LogP contribution in [0.4, 0.5) is 0 Å². The van der Waals surface area contributed by atoms with Gasteiger partial charge in [0.05, 0.1) is 0 Å². The Labute approximate surface area is 100 Å². The number of carbonyl (C=O) groups is 1. The summed E-state index contributed by atoms with van der Waals surface area (Å²) < 4.78 is 5.33. The van der Waals surface area contributed by atoms with Gasteiger partial charge in [0, 0.05) is 45.4 Å². The van der Waals surface area contributed by atoms with E-state index < -0.39 is 0 Å². The van der Waals surface area contributed by atoms with E-state index in [0.29, 0.717) is 18.2 Å². The number of carbonyl (C=O) groups excluding carboxylic acids is 1. The van der Waals surface area contributed by atoms with Crippen molar-refractivity contribution in [3.63, 3.8) is 0 Å². The topological polar surface area (TPSA) is 71.3 Å². The van der Waals surface area contributed by atoms with Crippen molar-refractivity contribution in [1.29, 1.82) is 0 Å². The highest BCUT2D eigenvalue weighted by atomic mass is 16.4. The maximum Gasteiger partial charge on any atom is 0.223 e. The van der Waals surface area contributed by atoms with Crippen LogP contribution in [0.3, 0.4) is 0 Å². The molecule has 0 aromatic carbocycles. The maximum absolute atomic E-state index is 12.0. The summed E-state index contributed by atoms with van der Waals surface area (Å²) in [6.45, 7) is 7.01. The molecule has 1 unspecified atom stereocenters. The number of hydrogen-bond donors (Lipinski definition) is 1. The predicted octanol–water partition coefficient (Wildman–Crippen LogP) is 0.303. The van der Waals surface area contributed by atoms with Gasteiger partial charge >= 0.3 is 0 Å². The van der Waals surface area contributed by atoms with Crippen molar-refractivity contribution in [1.82, 2.24) is 20.4 Å². The van der Waals surface area contributed by atoms with Crippen molar-refractivity contribution >= 4 is 5.91 Å². The van der Waals surface area contributed by atoms with Gasteiger partial charge in [0.2, 0.25) is 17.7 Å². The van der Waals surface area contributed by atoms with Gasteiger partial charge in [0.15, 0.2) is 0 Å². The highest BCUT2D eigenvalue weighted by Gasteiger charge is 2.21. The summed E-state index contributed by atoms with van der Waals surface area (Å²) in [5, 5.41) is 10.9. The predicted molar refractivity (Wildman–Crippen MR) is 61.5 cm³/mol. The molecule has 1 aromatic rings. The van der Waals surface area contributed by atoms with Crippen LogP contribution >= 0.6 is 0 Å². The fourth-order valence-electron chi connectivity index (χ4n) is 1.90. The van der Waals surface area contributed by atoms with Crippen molar-refractivity contribution in [2.45, 2.75) is 26.2 Å². The lowest BCUT2D eigenvalue weighted by Gasteiger charge is -2.28. The number of nitrogens with one attached hydrogen (secondary N) is 1. The smallest absolute Gasteiger partial charge is 0.223 e. The molecule has 0 bridgehead atoms. The van der Waals surface area contributed by atoms with Crippen molar-refractivity contribution in [2.24, 2.45) is 0 Å². The molecule has 6 nitrogen and oxygen atoms in total. The Balaban J connectivity index is 1.89. The SMILES string of the molecule is Cc1nnc(C(C)CC(=O)N2CCNCC2)o1. The Hall–Kier alpha value is -1.43. The van der Waals surface area contributed by atoms with Crippen molar-refractivity contribution < 1.29 is 9.21 Å². The van der Waals surface area contributed by atoms with Gasteiger partial charge < -0.3 is 14.6 Å². The fraction of sp³-hybridized carbons (Fsp3) is 0.727. The molecule has 1 atom stereocenters. The molecule has 2 heterocycles. The third-order valence-electron chi connectivity index (χ3n) is 2.91. The molecule has 0 saturated carbocycles. The highest BCUT2D eigenvalue weighted by molar-refractivity contribution is 5.77. The molecular formula is C11H18N4O2. The first kappa shape index (κ1) is 12.0. The molecule has 1 aromatic heterocycles. The molecule has 2 rings (SSSR count). The van der Waals surface area contributed by atoms with Crippen LogP contribution in [0, 0.1) is 6.92 Å². The van der Waals surface area contributed by atoms with E-state index in [4.69, 9.17) is 4.42 Å². The van der Waals surface area contributed by atoms with Gasteiger partial charge in [-0.15, -0.1) is 10.2 Å². The third-order valence-corrected chi connectivity index (χ3v) is 2.91. The lowest BCUT2D eigenvalue weighted by molar-refractivity contribution is -0.132. The van der Waals surface area contributed by atoms with Crippen LogP contribution in [-0.2, 0) is 4.79 Å². The van der Waals surface area contributed by atoms with Crippen molar-refractivity contribution in [3.8, 4) is 0 Å². The quantitative estimate of drug-likeness (QED) is 0.820.